The van der Waals surface area contributed by atoms with E-state index in [1.54, 1.807) is 6.33 Å². The van der Waals surface area contributed by atoms with Crippen LogP contribution >= 0.6 is 0 Å². The standard InChI is InChI=1S/C14H22N6O/c1-14(2)8(3-4-9(14)6-21)5-20-7-17-10-11(15)18-13(16)19-12(10)20/h7-9,21H,3-6H2,1-2H3,(H4,15,16,18,19)/t8-,9+/m1/s1. The summed E-state index contributed by atoms with van der Waals surface area (Å²) in [4.78, 5) is 12.5. The van der Waals surface area contributed by atoms with Gasteiger partial charge >= 0.3 is 0 Å². The monoisotopic (exact) mass is 290 g/mol. The first-order valence-electron chi connectivity index (χ1n) is 7.28. The zero-order valence-corrected chi connectivity index (χ0v) is 12.5. The number of nitrogen functional groups attached to an aromatic ring is 2. The topological polar surface area (TPSA) is 116 Å². The quantitative estimate of drug-likeness (QED) is 0.777. The minimum atomic E-state index is 0.0927. The molecule has 2 atom stereocenters. The smallest absolute Gasteiger partial charge is 0.224 e. The van der Waals surface area contributed by atoms with Crippen molar-refractivity contribution in [3.8, 4) is 0 Å². The molecule has 0 aromatic carbocycles. The molecule has 1 saturated carbocycles. The molecule has 3 rings (SSSR count). The summed E-state index contributed by atoms with van der Waals surface area (Å²) in [5.41, 5.74) is 12.9. The summed E-state index contributed by atoms with van der Waals surface area (Å²) in [7, 11) is 0. The Morgan fingerprint density at radius 2 is 2.00 bits per heavy atom. The summed E-state index contributed by atoms with van der Waals surface area (Å²) in [5, 5.41) is 9.52. The van der Waals surface area contributed by atoms with Crippen molar-refractivity contribution in [1.29, 1.82) is 0 Å². The van der Waals surface area contributed by atoms with E-state index < -0.39 is 0 Å². The summed E-state index contributed by atoms with van der Waals surface area (Å²) in [6, 6.07) is 0. The molecule has 0 saturated heterocycles. The third-order valence-corrected chi connectivity index (χ3v) is 5.11. The predicted molar refractivity (Wildman–Crippen MR) is 81.2 cm³/mol. The second-order valence-corrected chi connectivity index (χ2v) is 6.51. The normalized spacial score (nSPS) is 24.7. The highest BCUT2D eigenvalue weighted by atomic mass is 16.3. The highest BCUT2D eigenvalue weighted by Crippen LogP contribution is 2.48. The number of aliphatic hydroxyl groups excluding tert-OH is 1. The van der Waals surface area contributed by atoms with Gasteiger partial charge in [0.25, 0.3) is 0 Å². The fourth-order valence-corrected chi connectivity index (χ4v) is 3.49. The summed E-state index contributed by atoms with van der Waals surface area (Å²) in [6.45, 7) is 5.50. The minimum Gasteiger partial charge on any atom is -0.396 e. The maximum absolute atomic E-state index is 9.52. The lowest BCUT2D eigenvalue weighted by atomic mass is 9.76. The minimum absolute atomic E-state index is 0.0927. The van der Waals surface area contributed by atoms with Crippen molar-refractivity contribution in [3.63, 3.8) is 0 Å². The van der Waals surface area contributed by atoms with Gasteiger partial charge in [-0.25, -0.2) is 4.98 Å². The van der Waals surface area contributed by atoms with E-state index in [0.717, 1.165) is 19.4 Å². The molecule has 2 heterocycles. The molecule has 0 unspecified atom stereocenters. The second-order valence-electron chi connectivity index (χ2n) is 6.51. The van der Waals surface area contributed by atoms with Crippen LogP contribution in [0, 0.1) is 17.3 Å². The molecule has 0 amide bonds. The van der Waals surface area contributed by atoms with Crippen LogP contribution in [-0.2, 0) is 6.54 Å². The van der Waals surface area contributed by atoms with E-state index in [1.165, 1.54) is 0 Å². The van der Waals surface area contributed by atoms with Gasteiger partial charge < -0.3 is 21.1 Å². The number of hydrogen-bond acceptors (Lipinski definition) is 6. The number of nitrogens with two attached hydrogens (primary N) is 2. The van der Waals surface area contributed by atoms with Crippen LogP contribution < -0.4 is 11.5 Å². The van der Waals surface area contributed by atoms with Gasteiger partial charge in [-0.2, -0.15) is 9.97 Å². The average Bonchev–Trinajstić information content (AvgIpc) is 2.92. The van der Waals surface area contributed by atoms with Crippen molar-refractivity contribution in [2.24, 2.45) is 17.3 Å². The van der Waals surface area contributed by atoms with E-state index in [2.05, 4.69) is 28.8 Å². The number of aromatic nitrogens is 4. The van der Waals surface area contributed by atoms with Gasteiger partial charge in [0.15, 0.2) is 11.5 Å². The summed E-state index contributed by atoms with van der Waals surface area (Å²) in [6.07, 6.45) is 3.89. The summed E-state index contributed by atoms with van der Waals surface area (Å²) >= 11 is 0. The molecule has 2 aromatic rings. The fraction of sp³-hybridized carbons (Fsp3) is 0.643. The molecule has 1 aliphatic carbocycles. The summed E-state index contributed by atoms with van der Waals surface area (Å²) < 4.78 is 2.00. The van der Waals surface area contributed by atoms with Crippen LogP contribution in [0.25, 0.3) is 11.2 Å². The molecule has 0 spiro atoms. The van der Waals surface area contributed by atoms with Crippen molar-refractivity contribution in [3.05, 3.63) is 6.33 Å². The maximum atomic E-state index is 9.52. The van der Waals surface area contributed by atoms with Crippen molar-refractivity contribution < 1.29 is 5.11 Å². The number of fused-ring (bicyclic) bond motifs is 1. The number of nitrogens with zero attached hydrogens (tertiary/aromatic N) is 4. The number of imidazole rings is 1. The molecular weight excluding hydrogens is 268 g/mol. The molecule has 0 radical (unpaired) electrons. The molecular formula is C14H22N6O. The van der Waals surface area contributed by atoms with Crippen LogP contribution in [0.15, 0.2) is 6.33 Å². The van der Waals surface area contributed by atoms with Crippen molar-refractivity contribution >= 4 is 22.9 Å². The van der Waals surface area contributed by atoms with Gasteiger partial charge in [0, 0.05) is 13.2 Å². The van der Waals surface area contributed by atoms with Gasteiger partial charge in [-0.1, -0.05) is 13.8 Å². The van der Waals surface area contributed by atoms with E-state index in [4.69, 9.17) is 11.5 Å². The molecule has 21 heavy (non-hydrogen) atoms. The fourth-order valence-electron chi connectivity index (χ4n) is 3.49. The number of rotatable bonds is 3. The first-order chi connectivity index (χ1) is 9.93. The van der Waals surface area contributed by atoms with Crippen LogP contribution in [0.5, 0.6) is 0 Å². The molecule has 2 aromatic heterocycles. The number of hydrogen-bond donors (Lipinski definition) is 3. The average molecular weight is 290 g/mol. The highest BCUT2D eigenvalue weighted by molar-refractivity contribution is 5.82. The zero-order chi connectivity index (χ0) is 15.2. The first kappa shape index (κ1) is 14.1. The Hall–Kier alpha value is -1.89. The van der Waals surface area contributed by atoms with E-state index in [0.29, 0.717) is 28.8 Å². The van der Waals surface area contributed by atoms with Crippen LogP contribution in [-0.4, -0.2) is 31.2 Å². The first-order valence-corrected chi connectivity index (χ1v) is 7.28. The molecule has 7 nitrogen and oxygen atoms in total. The predicted octanol–water partition coefficient (Wildman–Crippen LogP) is 1.04. The van der Waals surface area contributed by atoms with Crippen molar-refractivity contribution in [2.75, 3.05) is 18.1 Å². The van der Waals surface area contributed by atoms with Crippen LogP contribution in [0.4, 0.5) is 11.8 Å². The van der Waals surface area contributed by atoms with Crippen molar-refractivity contribution in [1.82, 2.24) is 19.5 Å². The van der Waals surface area contributed by atoms with Crippen LogP contribution in [0.1, 0.15) is 26.7 Å². The van der Waals surface area contributed by atoms with E-state index >= 15 is 0 Å². The third-order valence-electron chi connectivity index (χ3n) is 5.11. The van der Waals surface area contributed by atoms with Crippen LogP contribution in [0.3, 0.4) is 0 Å². The largest absolute Gasteiger partial charge is 0.396 e. The Labute approximate surface area is 123 Å². The number of aliphatic hydroxyl groups is 1. The van der Waals surface area contributed by atoms with Gasteiger partial charge in [0.05, 0.1) is 6.33 Å². The van der Waals surface area contributed by atoms with Gasteiger partial charge in [0.1, 0.15) is 5.52 Å². The van der Waals surface area contributed by atoms with Gasteiger partial charge in [0.2, 0.25) is 5.95 Å². The van der Waals surface area contributed by atoms with E-state index in [-0.39, 0.29) is 18.0 Å². The lowest BCUT2D eigenvalue weighted by Gasteiger charge is -2.32. The Kier molecular flexibility index (Phi) is 3.24. The molecule has 0 aliphatic heterocycles. The summed E-state index contributed by atoms with van der Waals surface area (Å²) in [5.74, 6) is 1.29. The molecule has 114 valence electrons. The molecule has 0 bridgehead atoms. The lowest BCUT2D eigenvalue weighted by molar-refractivity contribution is 0.107. The molecule has 1 aliphatic rings. The Balaban J connectivity index is 1.93. The van der Waals surface area contributed by atoms with Crippen LogP contribution in [0.2, 0.25) is 0 Å². The molecule has 5 N–H and O–H groups in total. The van der Waals surface area contributed by atoms with E-state index in [9.17, 15) is 5.11 Å². The highest BCUT2D eigenvalue weighted by Gasteiger charge is 2.42. The van der Waals surface area contributed by atoms with Gasteiger partial charge in [-0.05, 0) is 30.1 Å². The van der Waals surface area contributed by atoms with Crippen molar-refractivity contribution in [2.45, 2.75) is 33.2 Å². The molecule has 1 fully saturated rings. The SMILES string of the molecule is CC1(C)[C@H](CO)CC[C@@H]1Cn1cnc2c(N)nc(N)nc21. The second kappa shape index (κ2) is 4.84. The Morgan fingerprint density at radius 3 is 2.67 bits per heavy atom. The molecule has 7 heteroatoms. The van der Waals surface area contributed by atoms with Gasteiger partial charge in [-0.3, -0.25) is 0 Å². The maximum Gasteiger partial charge on any atom is 0.224 e. The third kappa shape index (κ3) is 2.21. The number of anilines is 2. The van der Waals surface area contributed by atoms with E-state index in [1.807, 2.05) is 4.57 Å². The lowest BCUT2D eigenvalue weighted by Crippen LogP contribution is -2.29. The zero-order valence-electron chi connectivity index (χ0n) is 12.5. The Bertz CT molecular complexity index is 665. The Morgan fingerprint density at radius 1 is 1.29 bits per heavy atom. The van der Waals surface area contributed by atoms with Gasteiger partial charge in [-0.15, -0.1) is 0 Å².